The maximum atomic E-state index is 12.0. The van der Waals surface area contributed by atoms with E-state index in [9.17, 15) is 15.0 Å². The molecule has 25 heavy (non-hydrogen) atoms. The summed E-state index contributed by atoms with van der Waals surface area (Å²) in [6.07, 6.45) is 2.43. The summed E-state index contributed by atoms with van der Waals surface area (Å²) in [5, 5.41) is 21.5. The fraction of sp³-hybridized carbons (Fsp3) is 0.650. The summed E-state index contributed by atoms with van der Waals surface area (Å²) in [6.45, 7) is 4.33. The first-order valence-electron chi connectivity index (χ1n) is 9.12. The van der Waals surface area contributed by atoms with E-state index in [1.165, 1.54) is 0 Å². The minimum absolute atomic E-state index is 0.0975. The van der Waals surface area contributed by atoms with Gasteiger partial charge in [-0.1, -0.05) is 44.2 Å². The molecule has 0 spiro atoms. The van der Waals surface area contributed by atoms with Gasteiger partial charge in [0.1, 0.15) is 0 Å². The van der Waals surface area contributed by atoms with Crippen molar-refractivity contribution in [3.05, 3.63) is 35.9 Å². The van der Waals surface area contributed by atoms with Crippen molar-refractivity contribution >= 4 is 5.91 Å². The number of aliphatic hydroxyl groups is 2. The zero-order chi connectivity index (χ0) is 18.7. The van der Waals surface area contributed by atoms with Gasteiger partial charge < -0.3 is 21.7 Å². The van der Waals surface area contributed by atoms with Crippen LogP contribution in [0.1, 0.15) is 51.5 Å². The number of benzene rings is 1. The van der Waals surface area contributed by atoms with Crippen LogP contribution in [-0.4, -0.2) is 33.9 Å². The highest BCUT2D eigenvalue weighted by molar-refractivity contribution is 5.78. The Morgan fingerprint density at radius 1 is 1.16 bits per heavy atom. The van der Waals surface area contributed by atoms with Crippen LogP contribution >= 0.6 is 0 Å². The summed E-state index contributed by atoms with van der Waals surface area (Å²) in [4.78, 5) is 12.0. The van der Waals surface area contributed by atoms with Gasteiger partial charge in [0.25, 0.3) is 0 Å². The summed E-state index contributed by atoms with van der Waals surface area (Å²) in [7, 11) is 0. The van der Waals surface area contributed by atoms with Crippen LogP contribution in [-0.2, 0) is 11.2 Å². The van der Waals surface area contributed by atoms with Gasteiger partial charge in [0.2, 0.25) is 5.91 Å². The van der Waals surface area contributed by atoms with Crippen molar-refractivity contribution in [2.24, 2.45) is 22.8 Å². The van der Waals surface area contributed by atoms with E-state index in [0.717, 1.165) is 18.4 Å². The third-order valence-corrected chi connectivity index (χ3v) is 5.75. The standard InChI is InChI=1S/C20H32N2O3/c1-19(2)8-10-20(25,11-9-19)15(18(22)24)13-17(23)16(21)12-14-6-4-3-5-7-14/h3-7,15-17,23,25H,8-13,21H2,1-2H3,(H2,22,24)/t15-,16+,17+/m1/s1. The molecule has 1 amide bonds. The lowest BCUT2D eigenvalue weighted by Crippen LogP contribution is -2.51. The van der Waals surface area contributed by atoms with Gasteiger partial charge >= 0.3 is 0 Å². The van der Waals surface area contributed by atoms with E-state index in [1.54, 1.807) is 0 Å². The van der Waals surface area contributed by atoms with E-state index in [4.69, 9.17) is 11.5 Å². The second-order valence-corrected chi connectivity index (χ2v) is 8.38. The first kappa shape index (κ1) is 19.9. The molecule has 1 fully saturated rings. The molecule has 3 atom stereocenters. The van der Waals surface area contributed by atoms with Gasteiger partial charge in [-0.25, -0.2) is 0 Å². The van der Waals surface area contributed by atoms with Crippen molar-refractivity contribution in [3.8, 4) is 0 Å². The largest absolute Gasteiger partial charge is 0.391 e. The zero-order valence-corrected chi connectivity index (χ0v) is 15.3. The smallest absolute Gasteiger partial charge is 0.223 e. The van der Waals surface area contributed by atoms with Crippen molar-refractivity contribution < 1.29 is 15.0 Å². The summed E-state index contributed by atoms with van der Waals surface area (Å²) in [5.74, 6) is -1.34. The second kappa shape index (κ2) is 7.85. The van der Waals surface area contributed by atoms with Crippen molar-refractivity contribution in [1.82, 2.24) is 0 Å². The first-order valence-corrected chi connectivity index (χ1v) is 9.12. The molecule has 1 saturated carbocycles. The molecular formula is C20H32N2O3. The molecule has 0 aromatic heterocycles. The molecule has 1 aromatic rings. The molecule has 0 bridgehead atoms. The Labute approximate surface area is 150 Å². The monoisotopic (exact) mass is 348 g/mol. The molecule has 6 N–H and O–H groups in total. The molecule has 5 heteroatoms. The van der Waals surface area contributed by atoms with Crippen molar-refractivity contribution in [3.63, 3.8) is 0 Å². The number of nitrogens with two attached hydrogens (primary N) is 2. The van der Waals surface area contributed by atoms with Gasteiger partial charge in [0, 0.05) is 6.04 Å². The Morgan fingerprint density at radius 2 is 1.72 bits per heavy atom. The maximum absolute atomic E-state index is 12.0. The van der Waals surface area contributed by atoms with Crippen LogP contribution in [0.3, 0.4) is 0 Å². The minimum atomic E-state index is -1.14. The van der Waals surface area contributed by atoms with E-state index in [2.05, 4.69) is 13.8 Å². The van der Waals surface area contributed by atoms with Crippen LogP contribution in [0.2, 0.25) is 0 Å². The molecule has 2 rings (SSSR count). The van der Waals surface area contributed by atoms with E-state index in [1.807, 2.05) is 30.3 Å². The van der Waals surface area contributed by atoms with E-state index >= 15 is 0 Å². The second-order valence-electron chi connectivity index (χ2n) is 8.38. The Balaban J connectivity index is 2.02. The van der Waals surface area contributed by atoms with Gasteiger partial charge in [-0.05, 0) is 49.5 Å². The minimum Gasteiger partial charge on any atom is -0.391 e. The van der Waals surface area contributed by atoms with Crippen LogP contribution in [0.5, 0.6) is 0 Å². The SMILES string of the molecule is CC1(C)CCC(O)([C@H](C[C@H](O)[C@@H](N)Cc2ccccc2)C(N)=O)CC1. The van der Waals surface area contributed by atoms with Gasteiger partial charge in [-0.15, -0.1) is 0 Å². The van der Waals surface area contributed by atoms with E-state index < -0.39 is 29.6 Å². The lowest BCUT2D eigenvalue weighted by atomic mass is 9.65. The lowest BCUT2D eigenvalue weighted by Gasteiger charge is -2.44. The number of carbonyl (C=O) groups excluding carboxylic acids is 1. The van der Waals surface area contributed by atoms with E-state index in [0.29, 0.717) is 19.3 Å². The molecule has 0 unspecified atom stereocenters. The quantitative estimate of drug-likeness (QED) is 0.601. The molecule has 0 saturated heterocycles. The molecule has 0 heterocycles. The predicted molar refractivity (Wildman–Crippen MR) is 98.6 cm³/mol. The fourth-order valence-corrected chi connectivity index (χ4v) is 3.75. The summed E-state index contributed by atoms with van der Waals surface area (Å²) >= 11 is 0. The molecule has 1 aliphatic rings. The van der Waals surface area contributed by atoms with Gasteiger partial charge in [-0.3, -0.25) is 4.79 Å². The Morgan fingerprint density at radius 3 is 2.24 bits per heavy atom. The number of primary amides is 1. The Bertz CT molecular complexity index is 564. The Hall–Kier alpha value is -1.43. The third kappa shape index (κ3) is 5.27. The third-order valence-electron chi connectivity index (χ3n) is 5.75. The summed E-state index contributed by atoms with van der Waals surface area (Å²) < 4.78 is 0. The summed E-state index contributed by atoms with van der Waals surface area (Å²) in [6, 6.07) is 9.17. The highest BCUT2D eigenvalue weighted by Gasteiger charge is 2.45. The molecular weight excluding hydrogens is 316 g/mol. The number of hydrogen-bond donors (Lipinski definition) is 4. The zero-order valence-electron chi connectivity index (χ0n) is 15.3. The van der Waals surface area contributed by atoms with Crippen molar-refractivity contribution in [1.29, 1.82) is 0 Å². The van der Waals surface area contributed by atoms with Crippen LogP contribution in [0.15, 0.2) is 30.3 Å². The van der Waals surface area contributed by atoms with Gasteiger partial charge in [-0.2, -0.15) is 0 Å². The van der Waals surface area contributed by atoms with Crippen LogP contribution in [0, 0.1) is 11.3 Å². The first-order chi connectivity index (χ1) is 11.6. The molecule has 5 nitrogen and oxygen atoms in total. The Kier molecular flexibility index (Phi) is 6.25. The van der Waals surface area contributed by atoms with Gasteiger partial charge in [0.15, 0.2) is 0 Å². The number of rotatable bonds is 7. The molecule has 1 aliphatic carbocycles. The molecule has 1 aromatic carbocycles. The predicted octanol–water partition coefficient (Wildman–Crippen LogP) is 1.74. The highest BCUT2D eigenvalue weighted by atomic mass is 16.3. The number of hydrogen-bond acceptors (Lipinski definition) is 4. The average Bonchev–Trinajstić information content (AvgIpc) is 2.56. The number of amides is 1. The number of carbonyl (C=O) groups is 1. The average molecular weight is 348 g/mol. The normalized spacial score (nSPS) is 22.8. The molecule has 140 valence electrons. The van der Waals surface area contributed by atoms with Crippen molar-refractivity contribution in [2.45, 2.75) is 70.1 Å². The topological polar surface area (TPSA) is 110 Å². The lowest BCUT2D eigenvalue weighted by molar-refractivity contribution is -0.140. The molecule has 0 radical (unpaired) electrons. The molecule has 0 aliphatic heterocycles. The van der Waals surface area contributed by atoms with Crippen LogP contribution in [0.4, 0.5) is 0 Å². The number of aliphatic hydroxyl groups excluding tert-OH is 1. The van der Waals surface area contributed by atoms with Crippen molar-refractivity contribution in [2.75, 3.05) is 0 Å². The maximum Gasteiger partial charge on any atom is 0.223 e. The van der Waals surface area contributed by atoms with E-state index in [-0.39, 0.29) is 11.8 Å². The van der Waals surface area contributed by atoms with Crippen LogP contribution in [0.25, 0.3) is 0 Å². The fourth-order valence-electron chi connectivity index (χ4n) is 3.75. The van der Waals surface area contributed by atoms with Crippen LogP contribution < -0.4 is 11.5 Å². The summed E-state index contributed by atoms with van der Waals surface area (Å²) in [5.41, 5.74) is 11.7. The van der Waals surface area contributed by atoms with Gasteiger partial charge in [0.05, 0.1) is 17.6 Å². The highest BCUT2D eigenvalue weighted by Crippen LogP contribution is 2.44.